The molecule has 0 aliphatic rings. The van der Waals surface area contributed by atoms with Gasteiger partial charge >= 0.3 is 0 Å². The zero-order valence-electron chi connectivity index (χ0n) is 4.24. The molecule has 7 heavy (non-hydrogen) atoms. The first-order valence-electron chi connectivity index (χ1n) is 1.91. The molecule has 2 heteroatoms. The minimum absolute atomic E-state index is 0.250. The Kier molecular flexibility index (Phi) is 2.12. The Bertz CT molecular complexity index is 101. The molecule has 2 N–H and O–H groups in total. The Labute approximate surface area is 42.3 Å². The Hall–Kier alpha value is -0.790. The monoisotopic (exact) mass is 101 g/mol. The minimum atomic E-state index is -0.312. The molecule has 1 nitrogen and oxygen atoms in total. The Morgan fingerprint density at radius 1 is 1.86 bits per heavy atom. The van der Waals surface area contributed by atoms with Crippen molar-refractivity contribution in [3.8, 4) is 0 Å². The molecule has 0 saturated carbocycles. The van der Waals surface area contributed by atoms with Crippen molar-refractivity contribution in [2.24, 2.45) is 5.73 Å². The average molecular weight is 101 g/mol. The lowest BCUT2D eigenvalue weighted by Crippen LogP contribution is -1.88. The first kappa shape index (κ1) is 6.21. The summed E-state index contributed by atoms with van der Waals surface area (Å²) in [5, 5.41) is 0. The van der Waals surface area contributed by atoms with E-state index in [4.69, 9.17) is 5.73 Å². The number of nitrogens with two attached hydrogens (primary N) is 1. The van der Waals surface area contributed by atoms with Crippen LogP contribution in [0.1, 0.15) is 6.92 Å². The molecular formula is C5H8FN. The van der Waals surface area contributed by atoms with Gasteiger partial charge in [0.25, 0.3) is 0 Å². The fourth-order valence-corrected chi connectivity index (χ4v) is 0.255. The van der Waals surface area contributed by atoms with Crippen LogP contribution < -0.4 is 5.73 Å². The Balaban J connectivity index is 3.68. The van der Waals surface area contributed by atoms with Gasteiger partial charge in [0.15, 0.2) is 0 Å². The lowest BCUT2D eigenvalue weighted by atomic mass is 10.4. The lowest BCUT2D eigenvalue weighted by molar-refractivity contribution is 0.639. The van der Waals surface area contributed by atoms with Gasteiger partial charge < -0.3 is 5.73 Å². The summed E-state index contributed by atoms with van der Waals surface area (Å²) in [4.78, 5) is 0. The van der Waals surface area contributed by atoms with E-state index in [-0.39, 0.29) is 11.5 Å². The van der Waals surface area contributed by atoms with Crippen molar-refractivity contribution in [1.29, 1.82) is 0 Å². The summed E-state index contributed by atoms with van der Waals surface area (Å²) in [7, 11) is 0. The zero-order valence-corrected chi connectivity index (χ0v) is 4.24. The number of hydrogen-bond acceptors (Lipinski definition) is 1. The smallest absolute Gasteiger partial charge is 0.0988 e. The molecule has 0 spiro atoms. The third kappa shape index (κ3) is 5.21. The highest BCUT2D eigenvalue weighted by atomic mass is 19.1. The van der Waals surface area contributed by atoms with Crippen LogP contribution in [0.5, 0.6) is 0 Å². The summed E-state index contributed by atoms with van der Waals surface area (Å²) in [6.45, 7) is 4.57. The van der Waals surface area contributed by atoms with Gasteiger partial charge in [-0.05, 0) is 13.0 Å². The van der Waals surface area contributed by atoms with Gasteiger partial charge in [0.05, 0.1) is 5.83 Å². The summed E-state index contributed by atoms with van der Waals surface area (Å²) in [6.07, 6.45) is 1.17. The quantitative estimate of drug-likeness (QED) is 0.495. The van der Waals surface area contributed by atoms with E-state index in [1.165, 1.54) is 13.0 Å². The molecule has 0 atom stereocenters. The highest BCUT2D eigenvalue weighted by molar-refractivity contribution is 5.11. The topological polar surface area (TPSA) is 26.0 Å². The third-order valence-electron chi connectivity index (χ3n) is 0.384. The molecule has 0 aromatic carbocycles. The van der Waals surface area contributed by atoms with Crippen molar-refractivity contribution in [3.05, 3.63) is 24.2 Å². The molecule has 0 aliphatic carbocycles. The van der Waals surface area contributed by atoms with E-state index in [1.807, 2.05) is 0 Å². The number of rotatable bonds is 1. The Morgan fingerprint density at radius 2 is 2.29 bits per heavy atom. The first-order chi connectivity index (χ1) is 3.13. The summed E-state index contributed by atoms with van der Waals surface area (Å²) in [6, 6.07) is 0. The van der Waals surface area contributed by atoms with Gasteiger partial charge in [-0.25, -0.2) is 4.39 Å². The van der Waals surface area contributed by atoms with Gasteiger partial charge in [-0.15, -0.1) is 0 Å². The summed E-state index contributed by atoms with van der Waals surface area (Å²) in [5.74, 6) is -0.312. The van der Waals surface area contributed by atoms with Crippen molar-refractivity contribution in [2.75, 3.05) is 0 Å². The van der Waals surface area contributed by atoms with Crippen LogP contribution in [0.2, 0.25) is 0 Å². The highest BCUT2D eigenvalue weighted by Gasteiger charge is 1.78. The van der Waals surface area contributed by atoms with E-state index >= 15 is 0 Å². The van der Waals surface area contributed by atoms with Crippen LogP contribution in [0.15, 0.2) is 24.2 Å². The SMILES string of the molecule is C=C(N)/C=C(\C)F. The fourth-order valence-electron chi connectivity index (χ4n) is 0.255. The summed E-state index contributed by atoms with van der Waals surface area (Å²) in [5.41, 5.74) is 5.23. The molecule has 40 valence electrons. The van der Waals surface area contributed by atoms with Crippen LogP contribution in [0.3, 0.4) is 0 Å². The second-order valence-electron chi connectivity index (χ2n) is 1.31. The molecule has 0 aromatic rings. The van der Waals surface area contributed by atoms with Crippen LogP contribution in [-0.2, 0) is 0 Å². The van der Waals surface area contributed by atoms with E-state index < -0.39 is 0 Å². The largest absolute Gasteiger partial charge is 0.399 e. The number of halogens is 1. The van der Waals surface area contributed by atoms with E-state index in [0.29, 0.717) is 0 Å². The number of allylic oxidation sites excluding steroid dienone is 2. The Morgan fingerprint density at radius 3 is 2.29 bits per heavy atom. The van der Waals surface area contributed by atoms with Crippen LogP contribution in [0.4, 0.5) is 4.39 Å². The molecule has 0 radical (unpaired) electrons. The second-order valence-corrected chi connectivity index (χ2v) is 1.31. The predicted octanol–water partition coefficient (Wildman–Crippen LogP) is 1.33. The van der Waals surface area contributed by atoms with Crippen LogP contribution in [0, 0.1) is 0 Å². The predicted molar refractivity (Wildman–Crippen MR) is 28.2 cm³/mol. The standard InChI is InChI=1S/C5H8FN/c1-4(6)3-5(2)7/h3H,2,7H2,1H3/b4-3+. The fraction of sp³-hybridized carbons (Fsp3) is 0.200. The van der Waals surface area contributed by atoms with Crippen LogP contribution in [0.25, 0.3) is 0 Å². The molecular weight excluding hydrogens is 93.1 g/mol. The van der Waals surface area contributed by atoms with E-state index in [1.54, 1.807) is 0 Å². The molecule has 0 unspecified atom stereocenters. The zero-order chi connectivity index (χ0) is 5.86. The van der Waals surface area contributed by atoms with E-state index in [9.17, 15) is 4.39 Å². The van der Waals surface area contributed by atoms with Crippen LogP contribution >= 0.6 is 0 Å². The maximum atomic E-state index is 11.7. The van der Waals surface area contributed by atoms with Crippen molar-refractivity contribution in [1.82, 2.24) is 0 Å². The maximum absolute atomic E-state index is 11.7. The van der Waals surface area contributed by atoms with Gasteiger partial charge in [0, 0.05) is 5.70 Å². The molecule has 0 fully saturated rings. The second kappa shape index (κ2) is 2.39. The molecule has 0 bridgehead atoms. The first-order valence-corrected chi connectivity index (χ1v) is 1.91. The normalized spacial score (nSPS) is 11.4. The lowest BCUT2D eigenvalue weighted by Gasteiger charge is -1.82. The van der Waals surface area contributed by atoms with E-state index in [2.05, 4.69) is 6.58 Å². The van der Waals surface area contributed by atoms with E-state index in [0.717, 1.165) is 0 Å². The van der Waals surface area contributed by atoms with Crippen molar-refractivity contribution in [3.63, 3.8) is 0 Å². The van der Waals surface area contributed by atoms with Crippen LogP contribution in [-0.4, -0.2) is 0 Å². The van der Waals surface area contributed by atoms with Crippen molar-refractivity contribution in [2.45, 2.75) is 6.92 Å². The van der Waals surface area contributed by atoms with Crippen molar-refractivity contribution < 1.29 is 4.39 Å². The van der Waals surface area contributed by atoms with Gasteiger partial charge in [-0.3, -0.25) is 0 Å². The maximum Gasteiger partial charge on any atom is 0.0988 e. The molecule has 0 saturated heterocycles. The highest BCUT2D eigenvalue weighted by Crippen LogP contribution is 1.93. The molecule has 0 amide bonds. The van der Waals surface area contributed by atoms with Crippen molar-refractivity contribution >= 4 is 0 Å². The minimum Gasteiger partial charge on any atom is -0.399 e. The molecule has 0 rings (SSSR count). The third-order valence-corrected chi connectivity index (χ3v) is 0.384. The molecule has 0 aromatic heterocycles. The van der Waals surface area contributed by atoms with Gasteiger partial charge in [0.1, 0.15) is 0 Å². The average Bonchev–Trinajstić information content (AvgIpc) is 1.27. The van der Waals surface area contributed by atoms with Gasteiger partial charge in [-0.1, -0.05) is 6.58 Å². The molecule has 0 aliphatic heterocycles. The van der Waals surface area contributed by atoms with Gasteiger partial charge in [-0.2, -0.15) is 0 Å². The summed E-state index contributed by atoms with van der Waals surface area (Å²) < 4.78 is 11.7. The number of hydrogen-bond donors (Lipinski definition) is 1. The van der Waals surface area contributed by atoms with Gasteiger partial charge in [0.2, 0.25) is 0 Å². The molecule has 0 heterocycles. The summed E-state index contributed by atoms with van der Waals surface area (Å²) >= 11 is 0.